The highest BCUT2D eigenvalue weighted by molar-refractivity contribution is 8.02. The van der Waals surface area contributed by atoms with Crippen molar-refractivity contribution in [2.75, 3.05) is 19.0 Å². The van der Waals surface area contributed by atoms with Crippen molar-refractivity contribution < 1.29 is 38.9 Å². The number of esters is 2. The number of thioether (sulfide) groups is 2. The zero-order chi connectivity index (χ0) is 40.2. The van der Waals surface area contributed by atoms with E-state index in [-0.39, 0.29) is 37.9 Å². The van der Waals surface area contributed by atoms with Gasteiger partial charge in [0.05, 0.1) is 24.2 Å². The molecule has 0 bridgehead atoms. The average Bonchev–Trinajstić information content (AvgIpc) is 3.62. The van der Waals surface area contributed by atoms with E-state index in [1.165, 1.54) is 17.5 Å². The third-order valence-electron chi connectivity index (χ3n) is 7.81. The molecule has 0 aliphatic carbocycles. The van der Waals surface area contributed by atoms with Crippen molar-refractivity contribution in [1.29, 1.82) is 0 Å². The molecular weight excluding hydrogens is 733 g/mol. The molecule has 294 valence electrons. The van der Waals surface area contributed by atoms with Gasteiger partial charge >= 0.3 is 23.9 Å². The maximum atomic E-state index is 11.5. The molecule has 0 radical (unpaired) electrons. The average molecular weight is 791 g/mol. The van der Waals surface area contributed by atoms with Crippen molar-refractivity contribution in [2.24, 2.45) is 11.3 Å². The molecule has 13 heteroatoms. The van der Waals surface area contributed by atoms with E-state index in [1.54, 1.807) is 55.6 Å². The third-order valence-corrected chi connectivity index (χ3v) is 11.0. The lowest BCUT2D eigenvalue weighted by molar-refractivity contribution is -0.159. The number of carbonyl (C=O) groups is 4. The number of carboxylic acid groups (broad SMARTS) is 2. The van der Waals surface area contributed by atoms with Crippen molar-refractivity contribution in [2.45, 2.75) is 108 Å². The highest BCUT2D eigenvalue weighted by atomic mass is 32.2. The number of benzene rings is 2. The van der Waals surface area contributed by atoms with Crippen LogP contribution in [-0.2, 0) is 34.4 Å². The van der Waals surface area contributed by atoms with Crippen molar-refractivity contribution in [1.82, 2.24) is 10.2 Å². The van der Waals surface area contributed by atoms with E-state index in [1.807, 2.05) is 19.9 Å². The molecule has 2 unspecified atom stereocenters. The number of carbonyl (C=O) groups excluding carboxylic acids is 2. The zero-order valence-corrected chi connectivity index (χ0v) is 34.9. The van der Waals surface area contributed by atoms with Gasteiger partial charge in [-0.1, -0.05) is 144 Å². The Morgan fingerprint density at radius 3 is 1.91 bits per heavy atom. The molecule has 3 rings (SSSR count). The summed E-state index contributed by atoms with van der Waals surface area (Å²) in [7, 11) is 0. The Hall–Kier alpha value is -3.68. The van der Waals surface area contributed by atoms with E-state index < -0.39 is 23.3 Å². The van der Waals surface area contributed by atoms with Crippen LogP contribution >= 0.6 is 34.9 Å². The van der Waals surface area contributed by atoms with Gasteiger partial charge in [0.2, 0.25) is 0 Å². The lowest BCUT2D eigenvalue weighted by atomic mass is 9.91. The monoisotopic (exact) mass is 790 g/mol. The van der Waals surface area contributed by atoms with Crippen molar-refractivity contribution >= 4 is 64.8 Å². The Morgan fingerprint density at radius 1 is 0.849 bits per heavy atom. The minimum absolute atomic E-state index is 0.0128. The second kappa shape index (κ2) is 28.8. The SMILES string of the molecule is C=Cc1ccc(CSc2nnc(SCC)s2)cc1.CCC(C)(C)C(=O)OCCOC(=O)CCC(=O)O.CCC(C)C(=O)O.CCC(C)c1ccccc1. The van der Waals surface area contributed by atoms with Gasteiger partial charge in [-0.15, -0.1) is 10.2 Å². The summed E-state index contributed by atoms with van der Waals surface area (Å²) < 4.78 is 11.7. The maximum absolute atomic E-state index is 11.5. The largest absolute Gasteiger partial charge is 0.481 e. The maximum Gasteiger partial charge on any atom is 0.311 e. The first kappa shape index (κ1) is 49.3. The lowest BCUT2D eigenvalue weighted by Crippen LogP contribution is -2.27. The Morgan fingerprint density at radius 2 is 1.43 bits per heavy atom. The summed E-state index contributed by atoms with van der Waals surface area (Å²) >= 11 is 5.15. The van der Waals surface area contributed by atoms with Crippen LogP contribution in [0.25, 0.3) is 6.08 Å². The highest BCUT2D eigenvalue weighted by Gasteiger charge is 2.26. The van der Waals surface area contributed by atoms with E-state index in [4.69, 9.17) is 19.7 Å². The second-order valence-electron chi connectivity index (χ2n) is 12.4. The van der Waals surface area contributed by atoms with E-state index in [9.17, 15) is 19.2 Å². The summed E-state index contributed by atoms with van der Waals surface area (Å²) in [5.41, 5.74) is 3.35. The molecule has 0 fully saturated rings. The smallest absolute Gasteiger partial charge is 0.311 e. The molecule has 0 amide bonds. The van der Waals surface area contributed by atoms with Gasteiger partial charge in [-0.05, 0) is 61.5 Å². The molecule has 2 aromatic carbocycles. The van der Waals surface area contributed by atoms with Crippen LogP contribution in [0.1, 0.15) is 110 Å². The number of carboxylic acids is 2. The van der Waals surface area contributed by atoms with Crippen LogP contribution in [0.3, 0.4) is 0 Å². The summed E-state index contributed by atoms with van der Waals surface area (Å²) in [4.78, 5) is 42.7. The van der Waals surface area contributed by atoms with Crippen LogP contribution in [0.5, 0.6) is 0 Å². The number of nitrogens with zero attached hydrogens (tertiary/aromatic N) is 2. The molecule has 1 aromatic heterocycles. The molecule has 53 heavy (non-hydrogen) atoms. The summed E-state index contributed by atoms with van der Waals surface area (Å²) in [5.74, 6) is -0.202. The normalized spacial score (nSPS) is 11.5. The van der Waals surface area contributed by atoms with Crippen LogP contribution < -0.4 is 0 Å². The number of rotatable bonds is 18. The third kappa shape index (κ3) is 23.6. The topological polar surface area (TPSA) is 153 Å². The standard InChI is InChI=1S/C13H14N2S3.C12H20O6.C10H14.C5H10O2/c1-3-10-5-7-11(8-6-10)9-17-13-15-14-12(18-13)16-4-2;1-4-12(2,3)11(16)18-8-7-17-10(15)6-5-9(13)14;1-3-9(2)10-7-5-4-6-8-10;1-3-4(2)5(6)7/h3,5-8H,1,4,9H2,2H3;4-8H2,1-3H3,(H,13,14);4-9H,3H2,1-2H3;4H,3H2,1-2H3,(H,6,7). The Balaban J connectivity index is 0.000000724. The summed E-state index contributed by atoms with van der Waals surface area (Å²) in [6, 6.07) is 19.1. The molecule has 0 aliphatic rings. The summed E-state index contributed by atoms with van der Waals surface area (Å²) in [6.07, 6.45) is 4.02. The Kier molecular flexibility index (Phi) is 26.8. The van der Waals surface area contributed by atoms with Gasteiger partial charge in [0, 0.05) is 5.75 Å². The first-order valence-corrected chi connectivity index (χ1v) is 20.5. The lowest BCUT2D eigenvalue weighted by Gasteiger charge is -2.20. The number of aliphatic carboxylic acids is 2. The van der Waals surface area contributed by atoms with Crippen LogP contribution in [0.15, 0.2) is 69.9 Å². The van der Waals surface area contributed by atoms with Gasteiger partial charge in [-0.25, -0.2) is 0 Å². The summed E-state index contributed by atoms with van der Waals surface area (Å²) in [6.45, 7) is 19.3. The Bertz CT molecular complexity index is 1480. The molecular formula is C40H58N2O8S3. The Labute approximate surface area is 328 Å². The van der Waals surface area contributed by atoms with Crippen molar-refractivity contribution in [3.63, 3.8) is 0 Å². The van der Waals surface area contributed by atoms with Gasteiger partial charge < -0.3 is 19.7 Å². The second-order valence-corrected chi connectivity index (χ2v) is 16.1. The summed E-state index contributed by atoms with van der Waals surface area (Å²) in [5, 5.41) is 24.8. The number of hydrogen-bond acceptors (Lipinski definition) is 11. The number of aromatic nitrogens is 2. The van der Waals surface area contributed by atoms with Crippen molar-refractivity contribution in [3.05, 3.63) is 77.9 Å². The minimum atomic E-state index is -1.05. The van der Waals surface area contributed by atoms with Crippen LogP contribution in [-0.4, -0.2) is 63.3 Å². The van der Waals surface area contributed by atoms with Crippen molar-refractivity contribution in [3.8, 4) is 0 Å². The number of hydrogen-bond donors (Lipinski definition) is 2. The van der Waals surface area contributed by atoms with Gasteiger partial charge in [0.1, 0.15) is 13.2 Å². The van der Waals surface area contributed by atoms with Gasteiger partial charge in [-0.3, -0.25) is 19.2 Å². The number of ether oxygens (including phenoxy) is 2. The first-order chi connectivity index (χ1) is 25.1. The quantitative estimate of drug-likeness (QED) is 0.0716. The molecule has 3 aromatic rings. The van der Waals surface area contributed by atoms with Gasteiger partial charge in [0.15, 0.2) is 8.68 Å². The van der Waals surface area contributed by atoms with E-state index >= 15 is 0 Å². The molecule has 10 nitrogen and oxygen atoms in total. The molecule has 0 spiro atoms. The van der Waals surface area contributed by atoms with Gasteiger partial charge in [-0.2, -0.15) is 0 Å². The molecule has 2 atom stereocenters. The van der Waals surface area contributed by atoms with E-state index in [0.29, 0.717) is 12.3 Å². The molecule has 0 saturated heterocycles. The van der Waals surface area contributed by atoms with Crippen LogP contribution in [0, 0.1) is 11.3 Å². The predicted molar refractivity (Wildman–Crippen MR) is 217 cm³/mol. The fourth-order valence-electron chi connectivity index (χ4n) is 3.43. The molecule has 2 N–H and O–H groups in total. The molecule has 0 saturated carbocycles. The fourth-order valence-corrected chi connectivity index (χ4v) is 6.31. The predicted octanol–water partition coefficient (Wildman–Crippen LogP) is 10.3. The van der Waals surface area contributed by atoms with E-state index in [2.05, 4.69) is 92.1 Å². The first-order valence-electron chi connectivity index (χ1n) is 17.8. The van der Waals surface area contributed by atoms with Crippen LogP contribution in [0.4, 0.5) is 0 Å². The van der Waals surface area contributed by atoms with Gasteiger partial charge in [0.25, 0.3) is 0 Å². The van der Waals surface area contributed by atoms with E-state index in [0.717, 1.165) is 32.2 Å². The highest BCUT2D eigenvalue weighted by Crippen LogP contribution is 2.30. The fraction of sp³-hybridized carbons (Fsp3) is 0.500. The van der Waals surface area contributed by atoms with Crippen LogP contribution in [0.2, 0.25) is 0 Å². The molecule has 1 heterocycles. The zero-order valence-electron chi connectivity index (χ0n) is 32.5. The minimum Gasteiger partial charge on any atom is -0.481 e. The molecule has 0 aliphatic heterocycles.